The molecule has 1 aliphatic rings. The Kier molecular flexibility index (Phi) is 4.25. The molecule has 1 aliphatic heterocycles. The van der Waals surface area contributed by atoms with Gasteiger partial charge in [-0.05, 0) is 43.3 Å². The molecule has 3 heterocycles. The number of urea groups is 1. The molecule has 4 aromatic rings. The fraction of sp³-hybridized carbons (Fsp3) is 0.182. The van der Waals surface area contributed by atoms with Gasteiger partial charge in [-0.2, -0.15) is 0 Å². The highest BCUT2D eigenvalue weighted by atomic mass is 16.5. The summed E-state index contributed by atoms with van der Waals surface area (Å²) < 4.78 is 16.6. The van der Waals surface area contributed by atoms with E-state index < -0.39 is 17.5 Å². The van der Waals surface area contributed by atoms with Crippen LogP contribution in [0.15, 0.2) is 63.4 Å². The Hall–Kier alpha value is -4.14. The largest absolute Gasteiger partial charge is 0.497 e. The number of furan rings is 1. The van der Waals surface area contributed by atoms with E-state index in [1.54, 1.807) is 50.4 Å². The van der Waals surface area contributed by atoms with Gasteiger partial charge in [-0.1, -0.05) is 18.2 Å². The minimum absolute atomic E-state index is 0.142. The lowest BCUT2D eigenvalue weighted by Crippen LogP contribution is -2.40. The molecule has 0 unspecified atom stereocenters. The summed E-state index contributed by atoms with van der Waals surface area (Å²) in [7, 11) is 1.58. The Balaban J connectivity index is 1.38. The average molecular weight is 418 g/mol. The molecule has 9 heteroatoms. The number of methoxy groups -OCH3 is 1. The van der Waals surface area contributed by atoms with Gasteiger partial charge in [0, 0.05) is 10.9 Å². The van der Waals surface area contributed by atoms with E-state index in [1.165, 1.54) is 0 Å². The normalized spacial score (nSPS) is 18.6. The number of ether oxygens (including phenoxy) is 1. The topological polar surface area (TPSA) is 111 Å². The second-order valence-corrected chi connectivity index (χ2v) is 7.32. The maximum atomic E-state index is 13.1. The van der Waals surface area contributed by atoms with Gasteiger partial charge < -0.3 is 18.9 Å². The Morgan fingerprint density at radius 3 is 2.58 bits per heavy atom. The Labute approximate surface area is 176 Å². The molecule has 0 aliphatic carbocycles. The van der Waals surface area contributed by atoms with Crippen molar-refractivity contribution in [3.63, 3.8) is 0 Å². The van der Waals surface area contributed by atoms with E-state index in [1.807, 2.05) is 18.2 Å². The monoisotopic (exact) mass is 418 g/mol. The zero-order valence-electron chi connectivity index (χ0n) is 16.8. The third-order valence-corrected chi connectivity index (χ3v) is 5.29. The van der Waals surface area contributed by atoms with E-state index >= 15 is 0 Å². The molecule has 1 N–H and O–H groups in total. The fourth-order valence-corrected chi connectivity index (χ4v) is 3.54. The first-order valence-corrected chi connectivity index (χ1v) is 9.58. The van der Waals surface area contributed by atoms with E-state index in [4.69, 9.17) is 13.6 Å². The molecule has 1 saturated heterocycles. The van der Waals surface area contributed by atoms with Crippen molar-refractivity contribution in [1.82, 2.24) is 20.4 Å². The van der Waals surface area contributed by atoms with Gasteiger partial charge in [-0.3, -0.25) is 9.69 Å². The minimum Gasteiger partial charge on any atom is -0.497 e. The first-order valence-electron chi connectivity index (χ1n) is 9.58. The second kappa shape index (κ2) is 6.98. The van der Waals surface area contributed by atoms with Crippen molar-refractivity contribution in [2.24, 2.45) is 0 Å². The molecule has 2 aromatic heterocycles. The molecular weight excluding hydrogens is 400 g/mol. The van der Waals surface area contributed by atoms with E-state index in [9.17, 15) is 9.59 Å². The summed E-state index contributed by atoms with van der Waals surface area (Å²) in [5.41, 5.74) is 0.0127. The molecule has 156 valence electrons. The number of nitrogens with zero attached hydrogens (tertiary/aromatic N) is 3. The summed E-state index contributed by atoms with van der Waals surface area (Å²) >= 11 is 0. The quantitative estimate of drug-likeness (QED) is 0.494. The number of hydrogen-bond donors (Lipinski definition) is 1. The molecule has 1 fully saturated rings. The third kappa shape index (κ3) is 3.10. The number of carbonyl (C=O) groups is 2. The number of aromatic nitrogens is 2. The number of amides is 3. The number of para-hydroxylation sites is 1. The zero-order valence-corrected chi connectivity index (χ0v) is 16.8. The molecule has 0 saturated carbocycles. The molecular formula is C22H18N4O5. The van der Waals surface area contributed by atoms with Crippen LogP contribution in [-0.2, 0) is 16.9 Å². The first kappa shape index (κ1) is 18.9. The molecule has 0 radical (unpaired) electrons. The lowest BCUT2D eigenvalue weighted by Gasteiger charge is -2.18. The van der Waals surface area contributed by atoms with Crippen LogP contribution in [0.3, 0.4) is 0 Å². The SMILES string of the molecule is COc1ccc(-c2nnc(CN3C(=O)N[C@@](C)(c4cc5ccccc5o4)C3=O)o2)cc1. The maximum absolute atomic E-state index is 13.1. The van der Waals surface area contributed by atoms with Gasteiger partial charge in [-0.25, -0.2) is 4.79 Å². The first-order chi connectivity index (χ1) is 15.0. The summed E-state index contributed by atoms with van der Waals surface area (Å²) in [6, 6.07) is 15.7. The van der Waals surface area contributed by atoms with Gasteiger partial charge in [-0.15, -0.1) is 10.2 Å². The van der Waals surface area contributed by atoms with Crippen LogP contribution in [0.25, 0.3) is 22.4 Å². The van der Waals surface area contributed by atoms with Crippen LogP contribution in [0.1, 0.15) is 18.6 Å². The van der Waals surface area contributed by atoms with Crippen molar-refractivity contribution in [1.29, 1.82) is 0 Å². The molecule has 31 heavy (non-hydrogen) atoms. The lowest BCUT2D eigenvalue weighted by molar-refractivity contribution is -0.132. The lowest BCUT2D eigenvalue weighted by atomic mass is 9.99. The van der Waals surface area contributed by atoms with Crippen molar-refractivity contribution < 1.29 is 23.2 Å². The summed E-state index contributed by atoms with van der Waals surface area (Å²) in [5.74, 6) is 1.03. The Bertz CT molecular complexity index is 1260. The van der Waals surface area contributed by atoms with Crippen molar-refractivity contribution >= 4 is 22.9 Å². The molecule has 0 bridgehead atoms. The highest BCUT2D eigenvalue weighted by Gasteiger charge is 2.51. The van der Waals surface area contributed by atoms with Gasteiger partial charge in [0.15, 0.2) is 5.54 Å². The summed E-state index contributed by atoms with van der Waals surface area (Å²) in [4.78, 5) is 26.8. The van der Waals surface area contributed by atoms with E-state index in [0.29, 0.717) is 22.7 Å². The number of rotatable bonds is 5. The fourth-order valence-electron chi connectivity index (χ4n) is 3.54. The number of imide groups is 1. The number of fused-ring (bicyclic) bond motifs is 1. The van der Waals surface area contributed by atoms with Crippen LogP contribution in [0, 0.1) is 0 Å². The Morgan fingerprint density at radius 2 is 1.84 bits per heavy atom. The van der Waals surface area contributed by atoms with Gasteiger partial charge >= 0.3 is 6.03 Å². The van der Waals surface area contributed by atoms with Crippen LogP contribution in [-0.4, -0.2) is 34.1 Å². The molecule has 9 nitrogen and oxygen atoms in total. The molecule has 5 rings (SSSR count). The molecule has 3 amide bonds. The Morgan fingerprint density at radius 1 is 1.06 bits per heavy atom. The zero-order chi connectivity index (χ0) is 21.6. The van der Waals surface area contributed by atoms with E-state index in [-0.39, 0.29) is 18.3 Å². The predicted molar refractivity (Wildman–Crippen MR) is 109 cm³/mol. The van der Waals surface area contributed by atoms with Crippen LogP contribution in [0.2, 0.25) is 0 Å². The van der Waals surface area contributed by atoms with Crippen molar-refractivity contribution in [2.75, 3.05) is 7.11 Å². The molecule has 1 atom stereocenters. The van der Waals surface area contributed by atoms with Crippen LogP contribution >= 0.6 is 0 Å². The number of nitrogens with one attached hydrogen (secondary N) is 1. The summed E-state index contributed by atoms with van der Waals surface area (Å²) in [5, 5.41) is 11.6. The van der Waals surface area contributed by atoms with Crippen molar-refractivity contribution in [3.05, 3.63) is 66.2 Å². The standard InChI is InChI=1S/C22H18N4O5/c1-22(17-11-14-5-3-4-6-16(14)30-17)20(27)26(21(28)23-22)12-18-24-25-19(31-18)13-7-9-15(29-2)10-8-13/h3-11H,12H2,1-2H3,(H,23,28)/t22-/m0/s1. The van der Waals surface area contributed by atoms with Crippen molar-refractivity contribution in [2.45, 2.75) is 19.0 Å². The predicted octanol–water partition coefficient (Wildman–Crippen LogP) is 3.46. The molecule has 0 spiro atoms. The van der Waals surface area contributed by atoms with Gasteiger partial charge in [0.05, 0.1) is 7.11 Å². The van der Waals surface area contributed by atoms with E-state index in [2.05, 4.69) is 15.5 Å². The van der Waals surface area contributed by atoms with Crippen LogP contribution < -0.4 is 10.1 Å². The smallest absolute Gasteiger partial charge is 0.325 e. The van der Waals surface area contributed by atoms with Gasteiger partial charge in [0.2, 0.25) is 11.8 Å². The van der Waals surface area contributed by atoms with Crippen LogP contribution in [0.4, 0.5) is 4.79 Å². The van der Waals surface area contributed by atoms with Gasteiger partial charge in [0.1, 0.15) is 23.6 Å². The number of hydrogen-bond acceptors (Lipinski definition) is 7. The van der Waals surface area contributed by atoms with Gasteiger partial charge in [0.25, 0.3) is 5.91 Å². The van der Waals surface area contributed by atoms with Crippen LogP contribution in [0.5, 0.6) is 5.75 Å². The summed E-state index contributed by atoms with van der Waals surface area (Å²) in [6.45, 7) is 1.46. The van der Waals surface area contributed by atoms with Crippen molar-refractivity contribution in [3.8, 4) is 17.2 Å². The maximum Gasteiger partial charge on any atom is 0.325 e. The third-order valence-electron chi connectivity index (χ3n) is 5.29. The number of carbonyl (C=O) groups excluding carboxylic acids is 2. The highest BCUT2D eigenvalue weighted by Crippen LogP contribution is 2.33. The minimum atomic E-state index is -1.32. The number of benzene rings is 2. The average Bonchev–Trinajstić information content (AvgIpc) is 3.48. The summed E-state index contributed by atoms with van der Waals surface area (Å²) in [6.07, 6.45) is 0. The highest BCUT2D eigenvalue weighted by molar-refractivity contribution is 6.07. The van der Waals surface area contributed by atoms with E-state index in [0.717, 1.165) is 10.3 Å². The second-order valence-electron chi connectivity index (χ2n) is 7.32. The molecule has 2 aromatic carbocycles.